The Kier molecular flexibility index (Phi) is 3.15. The summed E-state index contributed by atoms with van der Waals surface area (Å²) in [6.07, 6.45) is 3.49. The highest BCUT2D eigenvalue weighted by Crippen LogP contribution is 2.22. The van der Waals surface area contributed by atoms with Gasteiger partial charge in [-0.3, -0.25) is 4.79 Å². The number of rotatable bonds is 3. The van der Waals surface area contributed by atoms with Gasteiger partial charge in [-0.25, -0.2) is 0 Å². The van der Waals surface area contributed by atoms with Gasteiger partial charge >= 0.3 is 0 Å². The predicted octanol–water partition coefficient (Wildman–Crippen LogP) is 3.17. The van der Waals surface area contributed by atoms with Crippen LogP contribution < -0.4 is 5.32 Å². The molecule has 0 spiro atoms. The summed E-state index contributed by atoms with van der Waals surface area (Å²) in [5, 5.41) is 4.99. The number of carbonyl (C=O) groups excluding carboxylic acids is 1. The molecule has 0 bridgehead atoms. The van der Waals surface area contributed by atoms with Crippen LogP contribution in [0.15, 0.2) is 35.7 Å². The van der Waals surface area contributed by atoms with Crippen LogP contribution >= 0.6 is 11.3 Å². The smallest absolute Gasteiger partial charge is 0.251 e. The minimum absolute atomic E-state index is 0.0260. The van der Waals surface area contributed by atoms with Gasteiger partial charge < -0.3 is 5.32 Å². The molecular formula is C15H15NOS. The van der Waals surface area contributed by atoms with Crippen LogP contribution in [0.2, 0.25) is 0 Å². The van der Waals surface area contributed by atoms with Crippen LogP contribution in [0.3, 0.4) is 0 Å². The number of aryl methyl sites for hydroxylation is 2. The first-order valence-corrected chi connectivity index (χ1v) is 7.13. The van der Waals surface area contributed by atoms with Crippen molar-refractivity contribution in [1.82, 2.24) is 5.32 Å². The lowest BCUT2D eigenvalue weighted by Crippen LogP contribution is -2.22. The first kappa shape index (κ1) is 11.5. The van der Waals surface area contributed by atoms with Crippen molar-refractivity contribution in [3.8, 4) is 0 Å². The van der Waals surface area contributed by atoms with Gasteiger partial charge in [0.2, 0.25) is 0 Å². The quantitative estimate of drug-likeness (QED) is 0.899. The highest BCUT2D eigenvalue weighted by molar-refractivity contribution is 7.09. The Morgan fingerprint density at radius 3 is 2.94 bits per heavy atom. The van der Waals surface area contributed by atoms with E-state index in [1.807, 2.05) is 29.6 Å². The van der Waals surface area contributed by atoms with Crippen LogP contribution in [0.5, 0.6) is 0 Å². The second kappa shape index (κ2) is 4.94. The van der Waals surface area contributed by atoms with Crippen molar-refractivity contribution >= 4 is 17.2 Å². The van der Waals surface area contributed by atoms with Gasteiger partial charge in [0.15, 0.2) is 0 Å². The van der Waals surface area contributed by atoms with Gasteiger partial charge in [-0.05, 0) is 54.0 Å². The van der Waals surface area contributed by atoms with E-state index >= 15 is 0 Å². The van der Waals surface area contributed by atoms with Crippen molar-refractivity contribution in [3.05, 3.63) is 57.3 Å². The number of thiophene rings is 1. The molecule has 0 aliphatic heterocycles. The van der Waals surface area contributed by atoms with E-state index in [9.17, 15) is 4.79 Å². The van der Waals surface area contributed by atoms with E-state index in [1.165, 1.54) is 22.4 Å². The second-order valence-corrected chi connectivity index (χ2v) is 5.63. The lowest BCUT2D eigenvalue weighted by molar-refractivity contribution is 0.0951. The molecule has 0 unspecified atom stereocenters. The standard InChI is InChI=1S/C15H15NOS/c17-15(16-10-14-5-2-8-18-14)13-7-6-11-3-1-4-12(11)9-13/h2,5-9H,1,3-4,10H2,(H,16,17). The van der Waals surface area contributed by atoms with Crippen molar-refractivity contribution < 1.29 is 4.79 Å². The fraction of sp³-hybridized carbons (Fsp3) is 0.267. The van der Waals surface area contributed by atoms with Crippen LogP contribution in [0.25, 0.3) is 0 Å². The molecule has 1 heterocycles. The largest absolute Gasteiger partial charge is 0.347 e. The molecular weight excluding hydrogens is 242 g/mol. The minimum Gasteiger partial charge on any atom is -0.347 e. The monoisotopic (exact) mass is 257 g/mol. The number of hydrogen-bond acceptors (Lipinski definition) is 2. The van der Waals surface area contributed by atoms with Gasteiger partial charge in [0.25, 0.3) is 5.91 Å². The lowest BCUT2D eigenvalue weighted by atomic mass is 10.1. The van der Waals surface area contributed by atoms with E-state index in [0.717, 1.165) is 18.4 Å². The zero-order valence-electron chi connectivity index (χ0n) is 10.1. The van der Waals surface area contributed by atoms with Gasteiger partial charge in [-0.2, -0.15) is 0 Å². The van der Waals surface area contributed by atoms with Crippen molar-refractivity contribution in [2.75, 3.05) is 0 Å². The summed E-state index contributed by atoms with van der Waals surface area (Å²) >= 11 is 1.67. The third-order valence-corrected chi connectivity index (χ3v) is 4.24. The fourth-order valence-corrected chi connectivity index (χ4v) is 3.04. The molecule has 18 heavy (non-hydrogen) atoms. The maximum atomic E-state index is 12.0. The van der Waals surface area contributed by atoms with Crippen molar-refractivity contribution in [2.24, 2.45) is 0 Å². The molecule has 1 aromatic heterocycles. The van der Waals surface area contributed by atoms with Crippen LogP contribution in [0, 0.1) is 0 Å². The maximum Gasteiger partial charge on any atom is 0.251 e. The molecule has 1 amide bonds. The summed E-state index contributed by atoms with van der Waals surface area (Å²) in [4.78, 5) is 13.2. The molecule has 1 aliphatic rings. The summed E-state index contributed by atoms with van der Waals surface area (Å²) in [6, 6.07) is 10.1. The lowest BCUT2D eigenvalue weighted by Gasteiger charge is -2.06. The topological polar surface area (TPSA) is 29.1 Å². The first-order chi connectivity index (χ1) is 8.83. The fourth-order valence-electron chi connectivity index (χ4n) is 2.40. The molecule has 0 atom stereocenters. The molecule has 0 fully saturated rings. The summed E-state index contributed by atoms with van der Waals surface area (Å²) in [7, 11) is 0. The van der Waals surface area contributed by atoms with Gasteiger partial charge in [0.05, 0.1) is 6.54 Å². The van der Waals surface area contributed by atoms with Crippen molar-refractivity contribution in [1.29, 1.82) is 0 Å². The Bertz CT molecular complexity index is 560. The van der Waals surface area contributed by atoms with Gasteiger partial charge in [-0.1, -0.05) is 12.1 Å². The third kappa shape index (κ3) is 2.31. The van der Waals surface area contributed by atoms with Gasteiger partial charge in [-0.15, -0.1) is 11.3 Å². The van der Waals surface area contributed by atoms with Gasteiger partial charge in [0.1, 0.15) is 0 Å². The Morgan fingerprint density at radius 1 is 1.22 bits per heavy atom. The number of benzene rings is 1. The molecule has 0 saturated heterocycles. The van der Waals surface area contributed by atoms with Gasteiger partial charge in [0, 0.05) is 10.4 Å². The predicted molar refractivity (Wildman–Crippen MR) is 74.0 cm³/mol. The molecule has 0 saturated carbocycles. The number of hydrogen-bond donors (Lipinski definition) is 1. The Morgan fingerprint density at radius 2 is 2.11 bits per heavy atom. The summed E-state index contributed by atoms with van der Waals surface area (Å²) in [6.45, 7) is 0.619. The SMILES string of the molecule is O=C(NCc1cccs1)c1ccc2c(c1)CCC2. The Balaban J connectivity index is 1.69. The van der Waals surface area contributed by atoms with E-state index in [1.54, 1.807) is 11.3 Å². The summed E-state index contributed by atoms with van der Waals surface area (Å²) in [5.41, 5.74) is 3.54. The average Bonchev–Trinajstić information content (AvgIpc) is 3.05. The van der Waals surface area contributed by atoms with E-state index in [2.05, 4.69) is 11.4 Å². The zero-order chi connectivity index (χ0) is 12.4. The van der Waals surface area contributed by atoms with E-state index in [-0.39, 0.29) is 5.91 Å². The highest BCUT2D eigenvalue weighted by atomic mass is 32.1. The third-order valence-electron chi connectivity index (χ3n) is 3.36. The van der Waals surface area contributed by atoms with Crippen LogP contribution in [-0.4, -0.2) is 5.91 Å². The van der Waals surface area contributed by atoms with Crippen LogP contribution in [0.4, 0.5) is 0 Å². The summed E-state index contributed by atoms with van der Waals surface area (Å²) < 4.78 is 0. The number of carbonyl (C=O) groups is 1. The van der Waals surface area contributed by atoms with Crippen LogP contribution in [-0.2, 0) is 19.4 Å². The zero-order valence-corrected chi connectivity index (χ0v) is 10.9. The maximum absolute atomic E-state index is 12.0. The van der Waals surface area contributed by atoms with Crippen molar-refractivity contribution in [2.45, 2.75) is 25.8 Å². The molecule has 1 N–H and O–H groups in total. The average molecular weight is 257 g/mol. The first-order valence-electron chi connectivity index (χ1n) is 6.25. The molecule has 1 aliphatic carbocycles. The van der Waals surface area contributed by atoms with E-state index in [0.29, 0.717) is 6.54 Å². The molecule has 92 valence electrons. The van der Waals surface area contributed by atoms with Crippen molar-refractivity contribution in [3.63, 3.8) is 0 Å². The molecule has 2 aromatic rings. The number of nitrogens with one attached hydrogen (secondary N) is 1. The Hall–Kier alpha value is -1.61. The molecule has 0 radical (unpaired) electrons. The number of fused-ring (bicyclic) bond motifs is 1. The normalized spacial score (nSPS) is 13.3. The number of amides is 1. The molecule has 1 aromatic carbocycles. The molecule has 2 nitrogen and oxygen atoms in total. The molecule has 3 rings (SSSR count). The minimum atomic E-state index is 0.0260. The summed E-state index contributed by atoms with van der Waals surface area (Å²) in [5.74, 6) is 0.0260. The Labute approximate surface area is 111 Å². The highest BCUT2D eigenvalue weighted by Gasteiger charge is 2.13. The second-order valence-electron chi connectivity index (χ2n) is 4.60. The van der Waals surface area contributed by atoms with E-state index in [4.69, 9.17) is 0 Å². The molecule has 3 heteroatoms. The van der Waals surface area contributed by atoms with E-state index < -0.39 is 0 Å². The van der Waals surface area contributed by atoms with Crippen LogP contribution in [0.1, 0.15) is 32.8 Å².